The smallest absolute Gasteiger partial charge is 0.290 e. The van der Waals surface area contributed by atoms with Crippen molar-refractivity contribution < 1.29 is 13.9 Å². The van der Waals surface area contributed by atoms with Crippen LogP contribution in [-0.2, 0) is 5.41 Å². The van der Waals surface area contributed by atoms with Crippen molar-refractivity contribution in [1.82, 2.24) is 0 Å². The van der Waals surface area contributed by atoms with Crippen LogP contribution in [0.4, 0.5) is 0 Å². The van der Waals surface area contributed by atoms with E-state index in [0.717, 1.165) is 16.9 Å². The zero-order chi connectivity index (χ0) is 14.0. The van der Waals surface area contributed by atoms with Crippen molar-refractivity contribution in [2.24, 2.45) is 0 Å². The molecule has 0 aliphatic rings. The molecule has 0 saturated heterocycles. The molecule has 3 nitrogen and oxygen atoms in total. The van der Waals surface area contributed by atoms with E-state index in [1.165, 1.54) is 0 Å². The largest absolute Gasteiger partial charge is 0.426 e. The van der Waals surface area contributed by atoms with E-state index in [1.807, 2.05) is 13.0 Å². The summed E-state index contributed by atoms with van der Waals surface area (Å²) < 4.78 is 11.0. The second-order valence-electron chi connectivity index (χ2n) is 5.63. The maximum Gasteiger partial charge on any atom is 0.290 e. The van der Waals surface area contributed by atoms with Crippen molar-refractivity contribution in [3.63, 3.8) is 0 Å². The highest BCUT2D eigenvalue weighted by molar-refractivity contribution is 5.70. The monoisotopic (exact) mass is 258 g/mol. The van der Waals surface area contributed by atoms with Gasteiger partial charge in [0.05, 0.1) is 0 Å². The normalized spacial score (nSPS) is 11.4. The van der Waals surface area contributed by atoms with Crippen molar-refractivity contribution in [3.8, 4) is 11.7 Å². The van der Waals surface area contributed by atoms with Crippen molar-refractivity contribution in [3.05, 3.63) is 47.2 Å². The summed E-state index contributed by atoms with van der Waals surface area (Å²) in [7, 11) is 0. The lowest BCUT2D eigenvalue weighted by molar-refractivity contribution is 0.109. The first kappa shape index (κ1) is 13.4. The molecule has 0 saturated carbocycles. The average molecular weight is 258 g/mol. The lowest BCUT2D eigenvalue weighted by atomic mass is 9.86. The standard InChI is InChI=1S/C16H18O3/c1-11-5-7-13(16(2,3)4)14(9-11)19-15-8-6-12(10-17)18-15/h5-10H,1-4H3. The third-order valence-electron chi connectivity index (χ3n) is 2.87. The summed E-state index contributed by atoms with van der Waals surface area (Å²) in [6, 6.07) is 9.34. The number of hydrogen-bond acceptors (Lipinski definition) is 3. The van der Waals surface area contributed by atoms with Crippen LogP contribution in [-0.4, -0.2) is 6.29 Å². The van der Waals surface area contributed by atoms with E-state index in [9.17, 15) is 4.79 Å². The lowest BCUT2D eigenvalue weighted by Crippen LogP contribution is -2.12. The highest BCUT2D eigenvalue weighted by atomic mass is 16.6. The molecule has 2 aromatic rings. The summed E-state index contributed by atoms with van der Waals surface area (Å²) in [4.78, 5) is 10.6. The molecule has 1 aromatic heterocycles. The molecule has 0 aliphatic carbocycles. The van der Waals surface area contributed by atoms with E-state index in [2.05, 4.69) is 32.9 Å². The minimum Gasteiger partial charge on any atom is -0.426 e. The van der Waals surface area contributed by atoms with Gasteiger partial charge in [0.25, 0.3) is 5.95 Å². The number of hydrogen-bond donors (Lipinski definition) is 0. The molecule has 0 radical (unpaired) electrons. The maximum atomic E-state index is 10.6. The van der Waals surface area contributed by atoms with Gasteiger partial charge >= 0.3 is 0 Å². The number of furan rings is 1. The minimum absolute atomic E-state index is 0.0247. The Balaban J connectivity index is 2.38. The van der Waals surface area contributed by atoms with E-state index in [4.69, 9.17) is 9.15 Å². The summed E-state index contributed by atoms with van der Waals surface area (Å²) in [6.07, 6.45) is 0.660. The fourth-order valence-electron chi connectivity index (χ4n) is 1.89. The first-order valence-corrected chi connectivity index (χ1v) is 6.24. The second kappa shape index (κ2) is 4.92. The number of carbonyl (C=O) groups excluding carboxylic acids is 1. The van der Waals surface area contributed by atoms with Crippen molar-refractivity contribution in [2.45, 2.75) is 33.1 Å². The molecule has 100 valence electrons. The Morgan fingerprint density at radius 1 is 1.16 bits per heavy atom. The topological polar surface area (TPSA) is 39.4 Å². The second-order valence-corrected chi connectivity index (χ2v) is 5.63. The molecule has 0 unspecified atom stereocenters. The van der Waals surface area contributed by atoms with E-state index in [1.54, 1.807) is 12.1 Å². The van der Waals surface area contributed by atoms with Gasteiger partial charge in [-0.25, -0.2) is 0 Å². The average Bonchev–Trinajstić information content (AvgIpc) is 2.75. The first-order valence-electron chi connectivity index (χ1n) is 6.24. The molecule has 1 heterocycles. The van der Waals surface area contributed by atoms with Gasteiger partial charge in [-0.3, -0.25) is 4.79 Å². The summed E-state index contributed by atoms with van der Waals surface area (Å²) in [6.45, 7) is 8.40. The molecule has 19 heavy (non-hydrogen) atoms. The van der Waals surface area contributed by atoms with Gasteiger partial charge in [0.2, 0.25) is 0 Å². The number of aryl methyl sites for hydroxylation is 1. The van der Waals surface area contributed by atoms with E-state index >= 15 is 0 Å². The Hall–Kier alpha value is -2.03. The predicted octanol–water partition coefficient (Wildman–Crippen LogP) is 4.49. The van der Waals surface area contributed by atoms with E-state index in [-0.39, 0.29) is 11.2 Å². The molecule has 0 N–H and O–H groups in total. The number of carbonyl (C=O) groups is 1. The molecule has 2 rings (SSSR count). The molecule has 0 aliphatic heterocycles. The minimum atomic E-state index is -0.0247. The van der Waals surface area contributed by atoms with Crippen LogP contribution in [0.15, 0.2) is 34.7 Å². The molecular weight excluding hydrogens is 240 g/mol. The van der Waals surface area contributed by atoms with Gasteiger partial charge in [-0.1, -0.05) is 32.9 Å². The highest BCUT2D eigenvalue weighted by Gasteiger charge is 2.20. The molecule has 0 atom stereocenters. The molecule has 0 bridgehead atoms. The lowest BCUT2D eigenvalue weighted by Gasteiger charge is -2.22. The van der Waals surface area contributed by atoms with Crippen molar-refractivity contribution in [2.75, 3.05) is 0 Å². The van der Waals surface area contributed by atoms with Crippen LogP contribution < -0.4 is 4.74 Å². The summed E-state index contributed by atoms with van der Waals surface area (Å²) in [5, 5.41) is 0. The Labute approximate surface area is 113 Å². The van der Waals surface area contributed by atoms with Crippen LogP contribution in [0.1, 0.15) is 42.5 Å². The van der Waals surface area contributed by atoms with Crippen LogP contribution in [0.2, 0.25) is 0 Å². The molecular formula is C16H18O3. The fraction of sp³-hybridized carbons (Fsp3) is 0.312. The highest BCUT2D eigenvalue weighted by Crippen LogP contribution is 2.35. The Morgan fingerprint density at radius 2 is 1.89 bits per heavy atom. The van der Waals surface area contributed by atoms with Crippen LogP contribution in [0, 0.1) is 6.92 Å². The summed E-state index contributed by atoms with van der Waals surface area (Å²) in [5.41, 5.74) is 2.19. The predicted molar refractivity (Wildman–Crippen MR) is 74.0 cm³/mol. The van der Waals surface area contributed by atoms with Gasteiger partial charge in [-0.05, 0) is 30.0 Å². The van der Waals surface area contributed by atoms with E-state index < -0.39 is 0 Å². The molecule has 0 fully saturated rings. The van der Waals surface area contributed by atoms with Gasteiger partial charge in [-0.2, -0.15) is 0 Å². The summed E-state index contributed by atoms with van der Waals surface area (Å²) >= 11 is 0. The Bertz CT molecular complexity index is 588. The Kier molecular flexibility index (Phi) is 3.47. The van der Waals surface area contributed by atoms with Crippen LogP contribution in [0.25, 0.3) is 0 Å². The zero-order valence-electron chi connectivity index (χ0n) is 11.7. The molecule has 0 spiro atoms. The van der Waals surface area contributed by atoms with Crippen molar-refractivity contribution in [1.29, 1.82) is 0 Å². The SMILES string of the molecule is Cc1ccc(C(C)(C)C)c(Oc2ccc(C=O)o2)c1. The first-order chi connectivity index (χ1) is 8.90. The summed E-state index contributed by atoms with van der Waals surface area (Å²) in [5.74, 6) is 1.36. The van der Waals surface area contributed by atoms with Crippen LogP contribution in [0.3, 0.4) is 0 Å². The van der Waals surface area contributed by atoms with Gasteiger partial charge < -0.3 is 9.15 Å². The van der Waals surface area contributed by atoms with Crippen LogP contribution in [0.5, 0.6) is 11.7 Å². The maximum absolute atomic E-state index is 10.6. The van der Waals surface area contributed by atoms with Crippen molar-refractivity contribution >= 4 is 6.29 Å². The number of ether oxygens (including phenoxy) is 1. The van der Waals surface area contributed by atoms with Gasteiger partial charge in [0.1, 0.15) is 5.75 Å². The van der Waals surface area contributed by atoms with Gasteiger partial charge in [0.15, 0.2) is 12.0 Å². The number of aldehydes is 1. The van der Waals surface area contributed by atoms with E-state index in [0.29, 0.717) is 12.2 Å². The third kappa shape index (κ3) is 3.05. The number of rotatable bonds is 3. The van der Waals surface area contributed by atoms with Crippen LogP contribution >= 0.6 is 0 Å². The number of benzene rings is 1. The fourth-order valence-corrected chi connectivity index (χ4v) is 1.89. The van der Waals surface area contributed by atoms with Gasteiger partial charge in [-0.15, -0.1) is 0 Å². The quantitative estimate of drug-likeness (QED) is 0.761. The zero-order valence-corrected chi connectivity index (χ0v) is 11.7. The third-order valence-corrected chi connectivity index (χ3v) is 2.87. The van der Waals surface area contributed by atoms with Gasteiger partial charge in [0, 0.05) is 11.6 Å². The Morgan fingerprint density at radius 3 is 2.47 bits per heavy atom. The molecule has 1 aromatic carbocycles. The molecule has 0 amide bonds. The molecule has 3 heteroatoms.